The van der Waals surface area contributed by atoms with Crippen LogP contribution in [0.4, 0.5) is 0 Å². The standard InChI is InChI=1S/C21H31N.C2H4/c1-4-6-7-10-17-13-18(5-2)21(20(14-17)15-22)19-11-8-9-16(3)12-19;1-2/h12-15,19,22H,4-11H2,1-3H3;1-2H2. The molecule has 1 atom stereocenters. The molecule has 0 radical (unpaired) electrons. The van der Waals surface area contributed by atoms with Crippen LogP contribution in [0.1, 0.15) is 87.5 Å². The monoisotopic (exact) mass is 325 g/mol. The Hall–Kier alpha value is -1.63. The SMILES string of the molecule is C=C.CCCCCc1cc(C=N)c(C2C=C(C)CCC2)c(CC)c1. The van der Waals surface area contributed by atoms with E-state index in [2.05, 4.69) is 52.1 Å². The summed E-state index contributed by atoms with van der Waals surface area (Å²) in [5.74, 6) is 0.519. The zero-order valence-corrected chi connectivity index (χ0v) is 16.0. The Kier molecular flexibility index (Phi) is 9.37. The van der Waals surface area contributed by atoms with E-state index in [1.807, 2.05) is 0 Å². The molecule has 0 fully saturated rings. The topological polar surface area (TPSA) is 23.9 Å². The molecule has 0 heterocycles. The average molecular weight is 326 g/mol. The molecule has 1 unspecified atom stereocenters. The smallest absolute Gasteiger partial charge is 0.0253 e. The second-order valence-electron chi connectivity index (χ2n) is 6.72. The Bertz CT molecular complexity index is 553. The van der Waals surface area contributed by atoms with E-state index >= 15 is 0 Å². The Morgan fingerprint density at radius 2 is 1.96 bits per heavy atom. The molecule has 132 valence electrons. The fourth-order valence-corrected chi connectivity index (χ4v) is 3.73. The van der Waals surface area contributed by atoms with Gasteiger partial charge < -0.3 is 5.41 Å². The Morgan fingerprint density at radius 1 is 1.21 bits per heavy atom. The molecule has 1 aliphatic carbocycles. The zero-order chi connectivity index (χ0) is 17.9. The van der Waals surface area contributed by atoms with E-state index in [0.717, 1.165) is 18.4 Å². The molecule has 1 N–H and O–H groups in total. The predicted octanol–water partition coefficient (Wildman–Crippen LogP) is 7.00. The van der Waals surface area contributed by atoms with Gasteiger partial charge in [-0.3, -0.25) is 0 Å². The van der Waals surface area contributed by atoms with E-state index in [0.29, 0.717) is 5.92 Å². The zero-order valence-electron chi connectivity index (χ0n) is 16.0. The largest absolute Gasteiger partial charge is 0.308 e. The summed E-state index contributed by atoms with van der Waals surface area (Å²) in [6, 6.07) is 4.69. The Morgan fingerprint density at radius 3 is 2.54 bits per heavy atom. The summed E-state index contributed by atoms with van der Waals surface area (Å²) in [6.07, 6.45) is 13.8. The number of hydrogen-bond donors (Lipinski definition) is 1. The summed E-state index contributed by atoms with van der Waals surface area (Å²) in [7, 11) is 0. The molecule has 0 bridgehead atoms. The molecule has 0 aromatic heterocycles. The van der Waals surface area contributed by atoms with Crippen molar-refractivity contribution in [2.24, 2.45) is 0 Å². The molecule has 1 aromatic rings. The highest BCUT2D eigenvalue weighted by molar-refractivity contribution is 5.81. The van der Waals surface area contributed by atoms with Gasteiger partial charge in [0.05, 0.1) is 0 Å². The van der Waals surface area contributed by atoms with Gasteiger partial charge in [0.25, 0.3) is 0 Å². The van der Waals surface area contributed by atoms with Gasteiger partial charge in [0.1, 0.15) is 0 Å². The maximum absolute atomic E-state index is 7.89. The quantitative estimate of drug-likeness (QED) is 0.317. The number of aryl methyl sites for hydroxylation is 2. The van der Waals surface area contributed by atoms with Crippen molar-refractivity contribution >= 4 is 6.21 Å². The molecule has 0 spiro atoms. The average Bonchev–Trinajstić information content (AvgIpc) is 2.62. The van der Waals surface area contributed by atoms with Gasteiger partial charge in [-0.15, -0.1) is 13.2 Å². The van der Waals surface area contributed by atoms with Crippen LogP contribution in [0.15, 0.2) is 36.9 Å². The minimum Gasteiger partial charge on any atom is -0.308 e. The fraction of sp³-hybridized carbons (Fsp3) is 0.522. The number of hydrogen-bond acceptors (Lipinski definition) is 1. The molecule has 24 heavy (non-hydrogen) atoms. The molecule has 0 amide bonds. The van der Waals surface area contributed by atoms with Crippen molar-refractivity contribution in [3.8, 4) is 0 Å². The van der Waals surface area contributed by atoms with Gasteiger partial charge in [-0.2, -0.15) is 0 Å². The highest BCUT2D eigenvalue weighted by Gasteiger charge is 2.19. The molecular formula is C23H35N. The van der Waals surface area contributed by atoms with E-state index in [9.17, 15) is 0 Å². The molecule has 1 heteroatoms. The van der Waals surface area contributed by atoms with E-state index in [4.69, 9.17) is 5.41 Å². The van der Waals surface area contributed by atoms with Crippen LogP contribution >= 0.6 is 0 Å². The highest BCUT2D eigenvalue weighted by Crippen LogP contribution is 2.35. The second-order valence-corrected chi connectivity index (χ2v) is 6.72. The number of benzene rings is 1. The Labute approximate surface area is 149 Å². The lowest BCUT2D eigenvalue weighted by Gasteiger charge is -2.25. The van der Waals surface area contributed by atoms with Crippen LogP contribution < -0.4 is 0 Å². The number of nitrogens with one attached hydrogen (secondary N) is 1. The minimum absolute atomic E-state index is 0.519. The van der Waals surface area contributed by atoms with Gasteiger partial charge in [-0.25, -0.2) is 0 Å². The first-order chi connectivity index (χ1) is 11.7. The third-order valence-corrected chi connectivity index (χ3v) is 4.91. The highest BCUT2D eigenvalue weighted by atomic mass is 14.3. The van der Waals surface area contributed by atoms with Gasteiger partial charge in [0.2, 0.25) is 0 Å². The van der Waals surface area contributed by atoms with Crippen molar-refractivity contribution in [1.82, 2.24) is 0 Å². The summed E-state index contributed by atoms with van der Waals surface area (Å²) in [6.45, 7) is 12.8. The van der Waals surface area contributed by atoms with Crippen molar-refractivity contribution in [3.05, 3.63) is 59.2 Å². The molecule has 0 aliphatic heterocycles. The summed E-state index contributed by atoms with van der Waals surface area (Å²) < 4.78 is 0. The lowest BCUT2D eigenvalue weighted by atomic mass is 9.80. The lowest BCUT2D eigenvalue weighted by molar-refractivity contribution is 0.628. The van der Waals surface area contributed by atoms with Crippen molar-refractivity contribution in [2.45, 2.75) is 78.1 Å². The summed E-state index contributed by atoms with van der Waals surface area (Å²) >= 11 is 0. The summed E-state index contributed by atoms with van der Waals surface area (Å²) in [4.78, 5) is 0. The van der Waals surface area contributed by atoms with Crippen LogP contribution in [0.3, 0.4) is 0 Å². The first-order valence-corrected chi connectivity index (χ1v) is 9.53. The van der Waals surface area contributed by atoms with Crippen LogP contribution in [0.5, 0.6) is 0 Å². The van der Waals surface area contributed by atoms with Gasteiger partial charge in [0.15, 0.2) is 0 Å². The molecule has 1 nitrogen and oxygen atoms in total. The third kappa shape index (κ3) is 5.47. The van der Waals surface area contributed by atoms with E-state index in [1.165, 1.54) is 60.8 Å². The van der Waals surface area contributed by atoms with Crippen LogP contribution in [-0.4, -0.2) is 6.21 Å². The van der Waals surface area contributed by atoms with Gasteiger partial charge in [-0.05, 0) is 73.8 Å². The maximum atomic E-state index is 7.89. The van der Waals surface area contributed by atoms with Crippen molar-refractivity contribution in [2.75, 3.05) is 0 Å². The lowest BCUT2D eigenvalue weighted by Crippen LogP contribution is -2.09. The molecule has 0 saturated carbocycles. The molecule has 1 aliphatic rings. The number of allylic oxidation sites excluding steroid dienone is 2. The molecule has 2 rings (SSSR count). The second kappa shape index (κ2) is 11.0. The van der Waals surface area contributed by atoms with Crippen molar-refractivity contribution in [3.63, 3.8) is 0 Å². The van der Waals surface area contributed by atoms with E-state index < -0.39 is 0 Å². The maximum Gasteiger partial charge on any atom is 0.0253 e. The number of rotatable bonds is 7. The van der Waals surface area contributed by atoms with Gasteiger partial charge in [0, 0.05) is 12.1 Å². The van der Waals surface area contributed by atoms with Crippen LogP contribution in [-0.2, 0) is 12.8 Å². The van der Waals surface area contributed by atoms with Gasteiger partial charge in [-0.1, -0.05) is 44.4 Å². The number of unbranched alkanes of at least 4 members (excludes halogenated alkanes) is 2. The summed E-state index contributed by atoms with van der Waals surface area (Å²) in [5, 5.41) is 7.89. The van der Waals surface area contributed by atoms with E-state index in [-0.39, 0.29) is 0 Å². The molecule has 0 saturated heterocycles. The molecule has 1 aromatic carbocycles. The first-order valence-electron chi connectivity index (χ1n) is 9.53. The normalized spacial score (nSPS) is 16.8. The Balaban J connectivity index is 0.00000139. The van der Waals surface area contributed by atoms with Crippen molar-refractivity contribution < 1.29 is 0 Å². The first kappa shape index (κ1) is 20.4. The molecular weight excluding hydrogens is 290 g/mol. The van der Waals surface area contributed by atoms with Crippen LogP contribution in [0.2, 0.25) is 0 Å². The minimum atomic E-state index is 0.519. The van der Waals surface area contributed by atoms with Crippen LogP contribution in [0.25, 0.3) is 0 Å². The predicted molar refractivity (Wildman–Crippen MR) is 109 cm³/mol. The van der Waals surface area contributed by atoms with Crippen LogP contribution in [0, 0.1) is 5.41 Å². The fourth-order valence-electron chi connectivity index (χ4n) is 3.73. The van der Waals surface area contributed by atoms with Crippen molar-refractivity contribution in [1.29, 1.82) is 5.41 Å². The van der Waals surface area contributed by atoms with E-state index in [1.54, 1.807) is 6.21 Å². The van der Waals surface area contributed by atoms with Gasteiger partial charge >= 0.3 is 0 Å². The summed E-state index contributed by atoms with van der Waals surface area (Å²) in [5.41, 5.74) is 6.98. The third-order valence-electron chi connectivity index (χ3n) is 4.91.